The van der Waals surface area contributed by atoms with Gasteiger partial charge in [0.05, 0.1) is 0 Å². The summed E-state index contributed by atoms with van der Waals surface area (Å²) in [4.78, 5) is 6.85. The Kier molecular flexibility index (Phi) is 7.33. The summed E-state index contributed by atoms with van der Waals surface area (Å²) < 4.78 is 12.9. The predicted octanol–water partition coefficient (Wildman–Crippen LogP) is 2.41. The molecule has 1 fully saturated rings. The van der Waals surface area contributed by atoms with Crippen molar-refractivity contribution >= 4 is 5.96 Å². The molecule has 0 bridgehead atoms. The molecule has 4 nitrogen and oxygen atoms in total. The molecule has 1 aromatic carbocycles. The number of likely N-dealkylation sites (tertiary alicyclic amines) is 1. The number of nitrogens with one attached hydrogen (secondary N) is 2. The van der Waals surface area contributed by atoms with Crippen LogP contribution >= 0.6 is 0 Å². The predicted molar refractivity (Wildman–Crippen MR) is 94.4 cm³/mol. The van der Waals surface area contributed by atoms with E-state index in [-0.39, 0.29) is 5.82 Å². The second-order valence-corrected chi connectivity index (χ2v) is 6.06. The maximum absolute atomic E-state index is 12.9. The number of benzene rings is 1. The van der Waals surface area contributed by atoms with Crippen molar-refractivity contribution in [3.63, 3.8) is 0 Å². The van der Waals surface area contributed by atoms with Crippen LogP contribution in [0.5, 0.6) is 0 Å². The van der Waals surface area contributed by atoms with Gasteiger partial charge < -0.3 is 10.6 Å². The third-order valence-corrected chi connectivity index (χ3v) is 4.48. The SMILES string of the molecule is CCC(CNC(=NC)NCCc1ccc(F)cc1)N1CCCC1. The van der Waals surface area contributed by atoms with Crippen molar-refractivity contribution in [1.29, 1.82) is 0 Å². The fourth-order valence-electron chi connectivity index (χ4n) is 3.05. The monoisotopic (exact) mass is 320 g/mol. The topological polar surface area (TPSA) is 39.7 Å². The number of nitrogens with zero attached hydrogens (tertiary/aromatic N) is 2. The summed E-state index contributed by atoms with van der Waals surface area (Å²) in [6, 6.07) is 7.24. The zero-order valence-corrected chi connectivity index (χ0v) is 14.3. The van der Waals surface area contributed by atoms with Gasteiger partial charge in [0.2, 0.25) is 0 Å². The highest BCUT2D eigenvalue weighted by Gasteiger charge is 2.20. The summed E-state index contributed by atoms with van der Waals surface area (Å²) >= 11 is 0. The van der Waals surface area contributed by atoms with Crippen LogP contribution in [0, 0.1) is 5.82 Å². The lowest BCUT2D eigenvalue weighted by molar-refractivity contribution is 0.236. The minimum atomic E-state index is -0.188. The Bertz CT molecular complexity index is 480. The molecule has 5 heteroatoms. The number of halogens is 1. The Labute approximate surface area is 139 Å². The Morgan fingerprint density at radius 3 is 2.52 bits per heavy atom. The van der Waals surface area contributed by atoms with E-state index >= 15 is 0 Å². The summed E-state index contributed by atoms with van der Waals surface area (Å²) in [7, 11) is 1.80. The van der Waals surface area contributed by atoms with Crippen LogP contribution < -0.4 is 10.6 Å². The van der Waals surface area contributed by atoms with E-state index in [9.17, 15) is 4.39 Å². The minimum Gasteiger partial charge on any atom is -0.356 e. The second kappa shape index (κ2) is 9.50. The first kappa shape index (κ1) is 17.7. The average Bonchev–Trinajstić information content (AvgIpc) is 3.10. The van der Waals surface area contributed by atoms with E-state index < -0.39 is 0 Å². The lowest BCUT2D eigenvalue weighted by atomic mass is 10.1. The van der Waals surface area contributed by atoms with Crippen molar-refractivity contribution in [2.45, 2.75) is 38.6 Å². The fourth-order valence-corrected chi connectivity index (χ4v) is 3.05. The summed E-state index contributed by atoms with van der Waals surface area (Å²) in [6.45, 7) is 6.39. The van der Waals surface area contributed by atoms with Gasteiger partial charge in [-0.2, -0.15) is 0 Å². The molecule has 1 atom stereocenters. The smallest absolute Gasteiger partial charge is 0.191 e. The molecule has 0 radical (unpaired) electrons. The third kappa shape index (κ3) is 5.82. The van der Waals surface area contributed by atoms with Gasteiger partial charge in [0.25, 0.3) is 0 Å². The van der Waals surface area contributed by atoms with E-state index in [0.717, 1.165) is 37.5 Å². The molecule has 2 rings (SSSR count). The molecule has 0 amide bonds. The molecule has 0 spiro atoms. The van der Waals surface area contributed by atoms with Gasteiger partial charge in [0.15, 0.2) is 5.96 Å². The lowest BCUT2D eigenvalue weighted by Gasteiger charge is -2.27. The van der Waals surface area contributed by atoms with Crippen molar-refractivity contribution in [2.75, 3.05) is 33.2 Å². The van der Waals surface area contributed by atoms with Crippen molar-refractivity contribution in [1.82, 2.24) is 15.5 Å². The summed E-state index contributed by atoms with van der Waals surface area (Å²) in [5.74, 6) is 0.650. The number of hydrogen-bond acceptors (Lipinski definition) is 2. The first-order valence-corrected chi connectivity index (χ1v) is 8.66. The summed E-state index contributed by atoms with van der Waals surface area (Å²) in [5.41, 5.74) is 1.12. The first-order valence-electron chi connectivity index (χ1n) is 8.66. The van der Waals surface area contributed by atoms with Crippen LogP contribution in [-0.2, 0) is 6.42 Å². The van der Waals surface area contributed by atoms with Gasteiger partial charge in [-0.3, -0.25) is 9.89 Å². The van der Waals surface area contributed by atoms with Gasteiger partial charge in [-0.25, -0.2) is 4.39 Å². The van der Waals surface area contributed by atoms with Gasteiger partial charge in [0.1, 0.15) is 5.82 Å². The van der Waals surface area contributed by atoms with E-state index in [1.165, 1.54) is 38.1 Å². The van der Waals surface area contributed by atoms with E-state index in [0.29, 0.717) is 6.04 Å². The van der Waals surface area contributed by atoms with Crippen molar-refractivity contribution in [3.8, 4) is 0 Å². The molecular weight excluding hydrogens is 291 g/mol. The molecule has 1 aliphatic rings. The lowest BCUT2D eigenvalue weighted by Crippen LogP contribution is -2.46. The number of hydrogen-bond donors (Lipinski definition) is 2. The Hall–Kier alpha value is -1.62. The van der Waals surface area contributed by atoms with Crippen LogP contribution in [0.3, 0.4) is 0 Å². The maximum Gasteiger partial charge on any atom is 0.191 e. The minimum absolute atomic E-state index is 0.188. The van der Waals surface area contributed by atoms with Crippen LogP contribution in [0.4, 0.5) is 4.39 Å². The van der Waals surface area contributed by atoms with Gasteiger partial charge in [-0.05, 0) is 56.5 Å². The van der Waals surface area contributed by atoms with E-state index in [1.807, 2.05) is 12.1 Å². The Morgan fingerprint density at radius 1 is 1.22 bits per heavy atom. The van der Waals surface area contributed by atoms with Crippen LogP contribution in [0.1, 0.15) is 31.7 Å². The Morgan fingerprint density at radius 2 is 1.91 bits per heavy atom. The third-order valence-electron chi connectivity index (χ3n) is 4.48. The molecule has 128 valence electrons. The standard InChI is InChI=1S/C18H29FN4/c1-3-17(23-12-4-5-13-23)14-22-18(20-2)21-11-10-15-6-8-16(19)9-7-15/h6-9,17H,3-5,10-14H2,1-2H3,(H2,20,21,22). The molecule has 1 unspecified atom stereocenters. The Balaban J connectivity index is 1.71. The molecule has 1 heterocycles. The van der Waals surface area contributed by atoms with E-state index in [1.54, 1.807) is 7.05 Å². The highest BCUT2D eigenvalue weighted by Crippen LogP contribution is 2.13. The quantitative estimate of drug-likeness (QED) is 0.599. The zero-order valence-electron chi connectivity index (χ0n) is 14.3. The van der Waals surface area contributed by atoms with Crippen LogP contribution in [-0.4, -0.2) is 50.1 Å². The molecule has 23 heavy (non-hydrogen) atoms. The summed E-state index contributed by atoms with van der Waals surface area (Å²) in [5, 5.41) is 6.76. The van der Waals surface area contributed by atoms with E-state index in [2.05, 4.69) is 27.4 Å². The van der Waals surface area contributed by atoms with E-state index in [4.69, 9.17) is 0 Å². The van der Waals surface area contributed by atoms with Crippen molar-refractivity contribution < 1.29 is 4.39 Å². The zero-order chi connectivity index (χ0) is 16.5. The maximum atomic E-state index is 12.9. The van der Waals surface area contributed by atoms with Crippen LogP contribution in [0.25, 0.3) is 0 Å². The molecule has 0 aromatic heterocycles. The fraction of sp³-hybridized carbons (Fsp3) is 0.611. The van der Waals surface area contributed by atoms with Crippen molar-refractivity contribution in [3.05, 3.63) is 35.6 Å². The average molecular weight is 320 g/mol. The molecule has 1 aromatic rings. The molecular formula is C18H29FN4. The van der Waals surface area contributed by atoms with Gasteiger partial charge in [-0.1, -0.05) is 19.1 Å². The number of guanidine groups is 1. The summed E-state index contributed by atoms with van der Waals surface area (Å²) in [6.07, 6.45) is 4.65. The highest BCUT2D eigenvalue weighted by molar-refractivity contribution is 5.79. The number of rotatable bonds is 7. The van der Waals surface area contributed by atoms with Gasteiger partial charge >= 0.3 is 0 Å². The number of aliphatic imine (C=N–C) groups is 1. The van der Waals surface area contributed by atoms with Crippen LogP contribution in [0.15, 0.2) is 29.3 Å². The largest absolute Gasteiger partial charge is 0.356 e. The first-order chi connectivity index (χ1) is 11.2. The molecule has 0 saturated carbocycles. The second-order valence-electron chi connectivity index (χ2n) is 6.06. The molecule has 2 N–H and O–H groups in total. The highest BCUT2D eigenvalue weighted by atomic mass is 19.1. The van der Waals surface area contributed by atoms with Crippen LogP contribution in [0.2, 0.25) is 0 Å². The van der Waals surface area contributed by atoms with Crippen molar-refractivity contribution in [2.24, 2.45) is 4.99 Å². The molecule has 0 aliphatic carbocycles. The normalized spacial score (nSPS) is 17.3. The molecule has 1 aliphatic heterocycles. The van der Waals surface area contributed by atoms with Gasteiger partial charge in [-0.15, -0.1) is 0 Å². The molecule has 1 saturated heterocycles. The van der Waals surface area contributed by atoms with Gasteiger partial charge in [0, 0.05) is 26.2 Å².